The number of aromatic nitrogens is 1. The van der Waals surface area contributed by atoms with Gasteiger partial charge in [0.25, 0.3) is 11.5 Å². The third-order valence-electron chi connectivity index (χ3n) is 3.81. The van der Waals surface area contributed by atoms with Crippen molar-refractivity contribution in [2.45, 2.75) is 0 Å². The van der Waals surface area contributed by atoms with Crippen molar-refractivity contribution in [1.29, 1.82) is 5.26 Å². The molecule has 0 spiro atoms. The number of nitrogens with zero attached hydrogens (tertiary/aromatic N) is 2. The highest BCUT2D eigenvalue weighted by Gasteiger charge is 2.09. The monoisotopic (exact) mass is 395 g/mol. The molecule has 3 aromatic rings. The van der Waals surface area contributed by atoms with Crippen LogP contribution in [-0.4, -0.2) is 10.5 Å². The van der Waals surface area contributed by atoms with Crippen molar-refractivity contribution in [1.82, 2.24) is 4.57 Å². The van der Waals surface area contributed by atoms with Gasteiger partial charge in [-0.1, -0.05) is 35.9 Å². The molecule has 0 radical (unpaired) electrons. The smallest absolute Gasteiger partial charge is 0.268 e. The van der Waals surface area contributed by atoms with Gasteiger partial charge in [0.05, 0.1) is 21.2 Å². The average molecular weight is 396 g/mol. The molecule has 0 saturated carbocycles. The minimum Gasteiger partial charge on any atom is -0.322 e. The number of anilines is 1. The van der Waals surface area contributed by atoms with Gasteiger partial charge in [0, 0.05) is 18.8 Å². The minimum absolute atomic E-state index is 0.174. The molecule has 1 aromatic heterocycles. The second-order valence-electron chi connectivity index (χ2n) is 5.65. The Balaban J connectivity index is 1.94. The quantitative estimate of drug-likeness (QED) is 0.740. The molecular weight excluding hydrogens is 382 g/mol. The van der Waals surface area contributed by atoms with E-state index in [2.05, 4.69) is 5.32 Å². The molecule has 27 heavy (non-hydrogen) atoms. The largest absolute Gasteiger partial charge is 0.322 e. The number of halogens is 1. The first kappa shape index (κ1) is 18.6. The van der Waals surface area contributed by atoms with Gasteiger partial charge >= 0.3 is 0 Å². The number of nitriles is 1. The zero-order valence-electron chi connectivity index (χ0n) is 14.3. The summed E-state index contributed by atoms with van der Waals surface area (Å²) < 4.78 is 2.52. The zero-order chi connectivity index (χ0) is 19.4. The van der Waals surface area contributed by atoms with Crippen molar-refractivity contribution in [3.8, 4) is 6.07 Å². The van der Waals surface area contributed by atoms with Crippen LogP contribution in [0.3, 0.4) is 0 Å². The maximum absolute atomic E-state index is 12.4. The maximum Gasteiger partial charge on any atom is 0.268 e. The molecule has 1 heterocycles. The van der Waals surface area contributed by atoms with E-state index in [9.17, 15) is 9.59 Å². The van der Waals surface area contributed by atoms with Gasteiger partial charge in [0.15, 0.2) is 0 Å². The highest BCUT2D eigenvalue weighted by Crippen LogP contribution is 2.18. The number of benzene rings is 2. The van der Waals surface area contributed by atoms with Gasteiger partial charge in [-0.2, -0.15) is 5.26 Å². The number of hydrogen-bond acceptors (Lipinski definition) is 4. The number of carbonyl (C=O) groups is 1. The Morgan fingerprint density at radius 1 is 1.26 bits per heavy atom. The summed E-state index contributed by atoms with van der Waals surface area (Å²) in [6, 6.07) is 15.9. The van der Waals surface area contributed by atoms with Crippen LogP contribution in [0.1, 0.15) is 15.9 Å². The Kier molecular flexibility index (Phi) is 5.55. The van der Waals surface area contributed by atoms with Gasteiger partial charge in [0.1, 0.15) is 4.66 Å². The van der Waals surface area contributed by atoms with Crippen LogP contribution in [0.25, 0.3) is 12.2 Å². The fourth-order valence-corrected chi connectivity index (χ4v) is 3.66. The Morgan fingerprint density at radius 3 is 2.78 bits per heavy atom. The van der Waals surface area contributed by atoms with Crippen LogP contribution in [0.5, 0.6) is 0 Å². The van der Waals surface area contributed by atoms with E-state index in [4.69, 9.17) is 16.9 Å². The van der Waals surface area contributed by atoms with E-state index in [1.165, 1.54) is 22.0 Å². The lowest BCUT2D eigenvalue weighted by atomic mass is 10.1. The Hall–Kier alpha value is -3.14. The maximum atomic E-state index is 12.4. The van der Waals surface area contributed by atoms with Crippen molar-refractivity contribution in [3.05, 3.63) is 84.2 Å². The number of amides is 1. The summed E-state index contributed by atoms with van der Waals surface area (Å²) in [5.74, 6) is -0.310. The minimum atomic E-state index is -0.310. The number of thiazole rings is 1. The van der Waals surface area contributed by atoms with Crippen LogP contribution in [0.4, 0.5) is 5.69 Å². The van der Waals surface area contributed by atoms with Gasteiger partial charge in [-0.15, -0.1) is 11.3 Å². The molecular formula is C20H14ClN3O2S. The zero-order valence-corrected chi connectivity index (χ0v) is 15.8. The molecule has 5 nitrogen and oxygen atoms in total. The topological polar surface area (TPSA) is 74.9 Å². The molecule has 0 bridgehead atoms. The Bertz CT molecular complexity index is 1240. The fraction of sp³-hybridized carbons (Fsp3) is 0.0500. The number of hydrogen-bond donors (Lipinski definition) is 1. The third kappa shape index (κ3) is 4.17. The van der Waals surface area contributed by atoms with Crippen molar-refractivity contribution in [3.63, 3.8) is 0 Å². The number of rotatable bonds is 3. The van der Waals surface area contributed by atoms with Crippen molar-refractivity contribution in [2.75, 3.05) is 5.32 Å². The summed E-state index contributed by atoms with van der Waals surface area (Å²) in [5.41, 5.74) is 1.56. The lowest BCUT2D eigenvalue weighted by Gasteiger charge is -2.07. The van der Waals surface area contributed by atoms with Crippen LogP contribution in [-0.2, 0) is 7.05 Å². The standard InChI is InChI=1S/C20H14ClN3O2S/c1-24-18(9-10-22)27-17(20(24)26)12-13-5-4-6-14(11-13)23-19(25)15-7-2-3-8-16(15)21/h2-9,11-12H,1H3,(H,23,25)/b17-12+,18-9-. The molecule has 0 fully saturated rings. The molecule has 0 aliphatic carbocycles. The average Bonchev–Trinajstić information content (AvgIpc) is 2.91. The van der Waals surface area contributed by atoms with Crippen LogP contribution >= 0.6 is 22.9 Å². The van der Waals surface area contributed by atoms with E-state index in [1.54, 1.807) is 55.6 Å². The summed E-state index contributed by atoms with van der Waals surface area (Å²) >= 11 is 7.29. The first-order chi connectivity index (χ1) is 13.0. The molecule has 0 aliphatic heterocycles. The third-order valence-corrected chi connectivity index (χ3v) is 5.25. The van der Waals surface area contributed by atoms with Crippen molar-refractivity contribution in [2.24, 2.45) is 7.05 Å². The summed E-state index contributed by atoms with van der Waals surface area (Å²) in [7, 11) is 1.62. The van der Waals surface area contributed by atoms with E-state index in [-0.39, 0.29) is 11.5 Å². The summed E-state index contributed by atoms with van der Waals surface area (Å²) in [4.78, 5) is 24.7. The molecule has 3 rings (SSSR count). The summed E-state index contributed by atoms with van der Waals surface area (Å²) in [6.45, 7) is 0. The molecule has 2 aromatic carbocycles. The lowest BCUT2D eigenvalue weighted by Crippen LogP contribution is -2.28. The Labute approximate surface area is 164 Å². The first-order valence-corrected chi connectivity index (χ1v) is 9.12. The molecule has 1 amide bonds. The van der Waals surface area contributed by atoms with Crippen LogP contribution in [0.15, 0.2) is 53.3 Å². The van der Waals surface area contributed by atoms with Crippen molar-refractivity contribution >= 4 is 46.7 Å². The number of carbonyl (C=O) groups excluding carboxylic acids is 1. The van der Waals surface area contributed by atoms with Crippen LogP contribution in [0, 0.1) is 11.3 Å². The molecule has 134 valence electrons. The van der Waals surface area contributed by atoms with E-state index in [0.29, 0.717) is 25.5 Å². The SMILES string of the molecule is Cn1c(=O)/c(=C\c2cccc(NC(=O)c3ccccc3Cl)c2)s/c1=C\C#N. The van der Waals surface area contributed by atoms with E-state index in [1.807, 2.05) is 12.1 Å². The van der Waals surface area contributed by atoms with E-state index in [0.717, 1.165) is 5.56 Å². The highest BCUT2D eigenvalue weighted by atomic mass is 35.5. The molecule has 0 aliphatic rings. The molecule has 0 saturated heterocycles. The predicted molar refractivity (Wildman–Crippen MR) is 108 cm³/mol. The van der Waals surface area contributed by atoms with Crippen LogP contribution < -0.4 is 20.1 Å². The van der Waals surface area contributed by atoms with Gasteiger partial charge in [-0.3, -0.25) is 9.59 Å². The second-order valence-corrected chi connectivity index (χ2v) is 7.12. The molecule has 0 unspecified atom stereocenters. The van der Waals surface area contributed by atoms with Gasteiger partial charge < -0.3 is 9.88 Å². The number of nitrogens with one attached hydrogen (secondary N) is 1. The molecule has 7 heteroatoms. The second kappa shape index (κ2) is 8.04. The van der Waals surface area contributed by atoms with Gasteiger partial charge in [-0.05, 0) is 35.9 Å². The first-order valence-electron chi connectivity index (χ1n) is 7.93. The van der Waals surface area contributed by atoms with Gasteiger partial charge in [-0.25, -0.2) is 0 Å². The lowest BCUT2D eigenvalue weighted by molar-refractivity contribution is 0.102. The molecule has 0 atom stereocenters. The van der Waals surface area contributed by atoms with E-state index >= 15 is 0 Å². The van der Waals surface area contributed by atoms with E-state index < -0.39 is 0 Å². The van der Waals surface area contributed by atoms with Gasteiger partial charge in [0.2, 0.25) is 0 Å². The normalized spacial score (nSPS) is 12.0. The Morgan fingerprint density at radius 2 is 2.04 bits per heavy atom. The predicted octanol–water partition coefficient (Wildman–Crippen LogP) is 2.49. The fourth-order valence-electron chi connectivity index (χ4n) is 2.46. The molecule has 1 N–H and O–H groups in total. The van der Waals surface area contributed by atoms with Crippen LogP contribution in [0.2, 0.25) is 5.02 Å². The summed E-state index contributed by atoms with van der Waals surface area (Å²) in [6.07, 6.45) is 3.07. The van der Waals surface area contributed by atoms with Crippen molar-refractivity contribution < 1.29 is 4.79 Å². The highest BCUT2D eigenvalue weighted by molar-refractivity contribution is 7.07. The summed E-state index contributed by atoms with van der Waals surface area (Å²) in [5, 5.41) is 12.0.